The lowest BCUT2D eigenvalue weighted by molar-refractivity contribution is 0.583. The van der Waals surface area contributed by atoms with Gasteiger partial charge in [0.25, 0.3) is 0 Å². The molecule has 4 saturated carbocycles. The topological polar surface area (TPSA) is 0 Å². The van der Waals surface area contributed by atoms with Gasteiger partial charge in [0.2, 0.25) is 0 Å². The van der Waals surface area contributed by atoms with Crippen LogP contribution in [0.3, 0.4) is 0 Å². The van der Waals surface area contributed by atoms with E-state index in [0.29, 0.717) is 0 Å². The fraction of sp³-hybridized carbons (Fsp3) is 1.00. The summed E-state index contributed by atoms with van der Waals surface area (Å²) in [5, 5.41) is 0. The smallest absolute Gasteiger partial charge is 0.0181 e. The van der Waals surface area contributed by atoms with Gasteiger partial charge in [-0.3, -0.25) is 0 Å². The predicted molar refractivity (Wildman–Crippen MR) is 131 cm³/mol. The summed E-state index contributed by atoms with van der Waals surface area (Å²) in [5.74, 6) is 4.17. The van der Waals surface area contributed by atoms with Crippen molar-refractivity contribution >= 4 is 15.8 Å². The average Bonchev–Trinajstić information content (AvgIpc) is 3.45. The second-order valence-corrected chi connectivity index (χ2v) is 17.0. The van der Waals surface area contributed by atoms with E-state index in [9.17, 15) is 0 Å². The Morgan fingerprint density at radius 1 is 0.429 bits per heavy atom. The number of hydrogen-bond acceptors (Lipinski definition) is 0. The summed E-state index contributed by atoms with van der Waals surface area (Å²) in [6.45, 7) is 10.5. The van der Waals surface area contributed by atoms with E-state index < -0.39 is 0 Å². The highest BCUT2D eigenvalue weighted by atomic mass is 31.1. The first-order chi connectivity index (χ1) is 13.6. The van der Waals surface area contributed by atoms with E-state index >= 15 is 0 Å². The van der Waals surface area contributed by atoms with Gasteiger partial charge < -0.3 is 0 Å². The molecule has 162 valence electrons. The summed E-state index contributed by atoms with van der Waals surface area (Å²) < 4.78 is 0. The molecule has 4 aliphatic carbocycles. The Morgan fingerprint density at radius 3 is 0.857 bits per heavy atom. The first kappa shape index (κ1) is 22.1. The molecule has 0 aliphatic heterocycles. The Labute approximate surface area is 179 Å². The van der Waals surface area contributed by atoms with E-state index in [-0.39, 0.29) is 15.8 Å². The summed E-state index contributed by atoms with van der Waals surface area (Å²) in [6, 6.07) is 0. The predicted octanol–water partition coefficient (Wildman–Crippen LogP) is 8.70. The summed E-state index contributed by atoms with van der Waals surface area (Å²) >= 11 is 0. The van der Waals surface area contributed by atoms with Crippen molar-refractivity contribution in [2.24, 2.45) is 23.7 Å². The molecule has 4 rings (SSSR count). The molecule has 3 unspecified atom stereocenters. The lowest BCUT2D eigenvalue weighted by Gasteiger charge is -2.40. The first-order valence-electron chi connectivity index (χ1n) is 13.1. The zero-order valence-corrected chi connectivity index (χ0v) is 21.2. The maximum Gasteiger partial charge on any atom is -0.0181 e. The zero-order valence-electron chi connectivity index (χ0n) is 19.4. The Hall–Kier alpha value is 0.860. The van der Waals surface area contributed by atoms with Crippen molar-refractivity contribution in [3.63, 3.8) is 0 Å². The molecular formula is C26H48P2. The molecule has 9 atom stereocenters. The second kappa shape index (κ2) is 9.99. The normalized spacial score (nSPS) is 45.3. The van der Waals surface area contributed by atoms with Crippen molar-refractivity contribution in [1.29, 1.82) is 0 Å². The highest BCUT2D eigenvalue weighted by molar-refractivity contribution is 7.63. The van der Waals surface area contributed by atoms with E-state index in [1.807, 2.05) is 0 Å². The van der Waals surface area contributed by atoms with Gasteiger partial charge in [-0.2, -0.15) is 0 Å². The van der Waals surface area contributed by atoms with Gasteiger partial charge in [-0.15, -0.1) is 0 Å². The van der Waals surface area contributed by atoms with Crippen molar-refractivity contribution in [3.05, 3.63) is 0 Å². The third kappa shape index (κ3) is 4.69. The second-order valence-electron chi connectivity index (χ2n) is 11.4. The van der Waals surface area contributed by atoms with Crippen molar-refractivity contribution in [2.75, 3.05) is 12.3 Å². The van der Waals surface area contributed by atoms with Crippen LogP contribution in [0, 0.1) is 23.7 Å². The van der Waals surface area contributed by atoms with Crippen molar-refractivity contribution in [1.82, 2.24) is 0 Å². The third-order valence-corrected chi connectivity index (χ3v) is 17.9. The zero-order chi connectivity index (χ0) is 19.7. The fourth-order valence-corrected chi connectivity index (χ4v) is 17.3. The molecule has 0 aromatic carbocycles. The Balaban J connectivity index is 1.49. The Kier molecular flexibility index (Phi) is 7.87. The first-order valence-corrected chi connectivity index (χ1v) is 16.4. The average molecular weight is 423 g/mol. The van der Waals surface area contributed by atoms with Crippen molar-refractivity contribution < 1.29 is 0 Å². The van der Waals surface area contributed by atoms with Gasteiger partial charge >= 0.3 is 0 Å². The van der Waals surface area contributed by atoms with Crippen LogP contribution in [0.15, 0.2) is 0 Å². The van der Waals surface area contributed by atoms with Crippen LogP contribution in [0.5, 0.6) is 0 Å². The highest BCUT2D eigenvalue weighted by Gasteiger charge is 2.42. The van der Waals surface area contributed by atoms with Gasteiger partial charge in [0, 0.05) is 0 Å². The molecule has 0 spiro atoms. The monoisotopic (exact) mass is 422 g/mol. The van der Waals surface area contributed by atoms with Gasteiger partial charge in [0.05, 0.1) is 0 Å². The third-order valence-electron chi connectivity index (χ3n) is 9.59. The largest absolute Gasteiger partial charge is 0.0995 e. The Bertz CT molecular complexity index is 407. The van der Waals surface area contributed by atoms with E-state index in [0.717, 1.165) is 46.3 Å². The molecule has 4 aliphatic rings. The summed E-state index contributed by atoms with van der Waals surface area (Å²) in [7, 11) is 0.570. The molecule has 0 nitrogen and oxygen atoms in total. The van der Waals surface area contributed by atoms with Crippen molar-refractivity contribution in [3.8, 4) is 0 Å². The molecule has 0 radical (unpaired) electrons. The molecule has 28 heavy (non-hydrogen) atoms. The molecule has 4 fully saturated rings. The number of hydrogen-bond donors (Lipinski definition) is 0. The van der Waals surface area contributed by atoms with Crippen LogP contribution in [-0.2, 0) is 0 Å². The molecule has 0 N–H and O–H groups in total. The minimum atomic E-state index is 0.285. The molecule has 0 aromatic heterocycles. The summed E-state index contributed by atoms with van der Waals surface area (Å²) in [6.07, 6.45) is 22.0. The molecule has 0 amide bonds. The lowest BCUT2D eigenvalue weighted by Crippen LogP contribution is -2.26. The molecule has 0 bridgehead atoms. The van der Waals surface area contributed by atoms with E-state index in [4.69, 9.17) is 0 Å². The standard InChI is InChI=1S/C26H48P2/c1-19-9-5-13-23(19)27(24-14-6-10-20(24)2)17-18-28(25-15-7-11-21(25)3)26-16-8-12-22(26)4/h19-26H,5-18H2,1-4H3/t19-,20-,21?,22?,23-,24-,25-,26+,28?/m0/s1. The molecule has 0 aromatic rings. The van der Waals surface area contributed by atoms with Gasteiger partial charge in [-0.05, 0) is 84.3 Å². The molecular weight excluding hydrogens is 374 g/mol. The maximum atomic E-state index is 2.62. The molecule has 0 saturated heterocycles. The van der Waals surface area contributed by atoms with Gasteiger partial charge in [0.1, 0.15) is 0 Å². The van der Waals surface area contributed by atoms with Crippen LogP contribution in [0.1, 0.15) is 105 Å². The van der Waals surface area contributed by atoms with E-state index in [1.54, 1.807) is 89.4 Å². The molecule has 0 heterocycles. The van der Waals surface area contributed by atoms with Crippen LogP contribution in [0.2, 0.25) is 0 Å². The van der Waals surface area contributed by atoms with Gasteiger partial charge in [-0.25, -0.2) is 0 Å². The van der Waals surface area contributed by atoms with Crippen LogP contribution in [-0.4, -0.2) is 35.0 Å². The van der Waals surface area contributed by atoms with E-state index in [2.05, 4.69) is 27.7 Å². The van der Waals surface area contributed by atoms with Crippen molar-refractivity contribution in [2.45, 2.75) is 127 Å². The number of rotatable bonds is 7. The van der Waals surface area contributed by atoms with Gasteiger partial charge in [-0.1, -0.05) is 94.9 Å². The highest BCUT2D eigenvalue weighted by Crippen LogP contribution is 2.65. The summed E-state index contributed by atoms with van der Waals surface area (Å²) in [5.41, 5.74) is 4.55. The SMILES string of the molecule is CC1CCC[C@H]1P(CCP([C@H]1CCC[C@@H]1C)[C@H]1CCC[C@@H]1C)[C@H]1CCCC1C. The fourth-order valence-electron chi connectivity index (χ4n) is 7.86. The van der Waals surface area contributed by atoms with Crippen LogP contribution in [0.4, 0.5) is 0 Å². The minimum absolute atomic E-state index is 0.285. The van der Waals surface area contributed by atoms with Crippen LogP contribution >= 0.6 is 15.8 Å². The molecule has 2 heteroatoms. The van der Waals surface area contributed by atoms with E-state index in [1.165, 1.54) is 0 Å². The summed E-state index contributed by atoms with van der Waals surface area (Å²) in [4.78, 5) is 0. The van der Waals surface area contributed by atoms with Crippen LogP contribution in [0.25, 0.3) is 0 Å². The quantitative estimate of drug-likeness (QED) is 0.360. The maximum absolute atomic E-state index is 2.62. The van der Waals surface area contributed by atoms with Gasteiger partial charge in [0.15, 0.2) is 0 Å². The lowest BCUT2D eigenvalue weighted by atomic mass is 10.1. The van der Waals surface area contributed by atoms with Crippen LogP contribution < -0.4 is 0 Å². The minimum Gasteiger partial charge on any atom is -0.0995 e. The Morgan fingerprint density at radius 2 is 0.679 bits per heavy atom.